The maximum Gasteiger partial charge on any atom is 0.264 e. The standard InChI is InChI=1S/C29H28F2N6O3S/c1-18-26(35-41(38,39)28-9-3-21(30)16-24(28)31)14-20(17-33-18)19-2-8-25-27(15-19)37(29(32)34-25)23-6-4-22(5-7-23)36-10-12-40-13-11-36/h2-9,14-17,29,34-35H,10-13,32H2,1H3. The first-order valence-corrected chi connectivity index (χ1v) is 14.5. The van der Waals surface area contributed by atoms with Crippen molar-refractivity contribution in [3.63, 3.8) is 0 Å². The summed E-state index contributed by atoms with van der Waals surface area (Å²) in [5.74, 6) is -2.05. The number of nitrogens with one attached hydrogen (secondary N) is 2. The van der Waals surface area contributed by atoms with Gasteiger partial charge in [0.1, 0.15) is 16.5 Å². The van der Waals surface area contributed by atoms with E-state index in [0.717, 1.165) is 53.5 Å². The molecule has 0 spiro atoms. The summed E-state index contributed by atoms with van der Waals surface area (Å²) in [4.78, 5) is 7.98. The van der Waals surface area contributed by atoms with Crippen molar-refractivity contribution in [2.45, 2.75) is 18.1 Å². The molecule has 1 fully saturated rings. The van der Waals surface area contributed by atoms with Crippen LogP contribution in [0.5, 0.6) is 0 Å². The molecule has 41 heavy (non-hydrogen) atoms. The van der Waals surface area contributed by atoms with Crippen molar-refractivity contribution < 1.29 is 21.9 Å². The van der Waals surface area contributed by atoms with E-state index in [-0.39, 0.29) is 5.69 Å². The van der Waals surface area contributed by atoms with Crippen molar-refractivity contribution >= 4 is 38.5 Å². The lowest BCUT2D eigenvalue weighted by Gasteiger charge is -2.30. The molecule has 2 aliphatic rings. The molecule has 4 aromatic rings. The van der Waals surface area contributed by atoms with E-state index in [0.29, 0.717) is 30.5 Å². The third-order valence-corrected chi connectivity index (χ3v) is 8.59. The molecule has 2 aliphatic heterocycles. The Morgan fingerprint density at radius 1 is 0.976 bits per heavy atom. The number of sulfonamides is 1. The third-order valence-electron chi connectivity index (χ3n) is 7.19. The van der Waals surface area contributed by atoms with Gasteiger partial charge >= 0.3 is 0 Å². The van der Waals surface area contributed by atoms with E-state index in [1.165, 1.54) is 0 Å². The van der Waals surface area contributed by atoms with Crippen LogP contribution in [0.1, 0.15) is 5.69 Å². The Morgan fingerprint density at radius 3 is 2.44 bits per heavy atom. The summed E-state index contributed by atoms with van der Waals surface area (Å²) in [6.45, 7) is 4.74. The van der Waals surface area contributed by atoms with Crippen LogP contribution in [0, 0.1) is 18.6 Å². The number of halogens is 2. The third kappa shape index (κ3) is 5.29. The molecule has 0 radical (unpaired) electrons. The molecule has 12 heteroatoms. The largest absolute Gasteiger partial charge is 0.378 e. The number of morpholine rings is 1. The lowest BCUT2D eigenvalue weighted by Crippen LogP contribution is -2.40. The summed E-state index contributed by atoms with van der Waals surface area (Å²) < 4.78 is 61.2. The van der Waals surface area contributed by atoms with Crippen molar-refractivity contribution in [3.8, 4) is 11.1 Å². The fourth-order valence-electron chi connectivity index (χ4n) is 5.04. The summed E-state index contributed by atoms with van der Waals surface area (Å²) in [5.41, 5.74) is 12.2. The highest BCUT2D eigenvalue weighted by Gasteiger charge is 2.28. The molecule has 6 rings (SSSR count). The number of benzene rings is 3. The Hall–Kier alpha value is -4.26. The fraction of sp³-hybridized carbons (Fsp3) is 0.207. The Morgan fingerprint density at radius 2 is 1.71 bits per heavy atom. The predicted molar refractivity (Wildman–Crippen MR) is 155 cm³/mol. The molecule has 4 N–H and O–H groups in total. The van der Waals surface area contributed by atoms with Gasteiger partial charge in [-0.3, -0.25) is 15.4 Å². The number of nitrogens with zero attached hydrogens (tertiary/aromatic N) is 3. The SMILES string of the molecule is Cc1ncc(-c2ccc3c(c2)N(c2ccc(N4CCOCC4)cc2)C(N)N3)cc1NS(=O)(=O)c1ccc(F)cc1F. The van der Waals surface area contributed by atoms with Crippen LogP contribution in [0.3, 0.4) is 0 Å². The maximum absolute atomic E-state index is 14.2. The number of rotatable bonds is 6. The zero-order valence-corrected chi connectivity index (χ0v) is 23.0. The van der Waals surface area contributed by atoms with E-state index < -0.39 is 32.8 Å². The monoisotopic (exact) mass is 578 g/mol. The number of fused-ring (bicyclic) bond motifs is 1. The number of pyridine rings is 1. The molecular weight excluding hydrogens is 550 g/mol. The summed E-state index contributed by atoms with van der Waals surface area (Å²) in [6, 6.07) is 17.9. The summed E-state index contributed by atoms with van der Waals surface area (Å²) in [6.07, 6.45) is 1.15. The van der Waals surface area contributed by atoms with Gasteiger partial charge in [0.2, 0.25) is 0 Å². The van der Waals surface area contributed by atoms with Crippen LogP contribution in [0.25, 0.3) is 11.1 Å². The quantitative estimate of drug-likeness (QED) is 0.300. The van der Waals surface area contributed by atoms with Crippen LogP contribution in [0.2, 0.25) is 0 Å². The predicted octanol–water partition coefficient (Wildman–Crippen LogP) is 4.78. The summed E-state index contributed by atoms with van der Waals surface area (Å²) in [5, 5.41) is 3.29. The van der Waals surface area contributed by atoms with E-state index >= 15 is 0 Å². The highest BCUT2D eigenvalue weighted by atomic mass is 32.2. The van der Waals surface area contributed by atoms with E-state index in [2.05, 4.69) is 32.1 Å². The smallest absolute Gasteiger partial charge is 0.264 e. The molecule has 1 unspecified atom stereocenters. The van der Waals surface area contributed by atoms with E-state index in [1.54, 1.807) is 19.2 Å². The molecule has 0 aliphatic carbocycles. The van der Waals surface area contributed by atoms with Gasteiger partial charge in [0.25, 0.3) is 10.0 Å². The number of hydrogen-bond donors (Lipinski definition) is 3. The van der Waals surface area contributed by atoms with Gasteiger partial charge in [0, 0.05) is 42.3 Å². The number of aromatic nitrogens is 1. The van der Waals surface area contributed by atoms with Gasteiger partial charge in [-0.25, -0.2) is 17.2 Å². The summed E-state index contributed by atoms with van der Waals surface area (Å²) in [7, 11) is -4.33. The minimum Gasteiger partial charge on any atom is -0.378 e. The lowest BCUT2D eigenvalue weighted by atomic mass is 10.0. The van der Waals surface area contributed by atoms with Crippen LogP contribution < -0.4 is 25.6 Å². The number of ether oxygens (including phenoxy) is 1. The second kappa shape index (κ2) is 10.6. The van der Waals surface area contributed by atoms with Gasteiger partial charge in [-0.2, -0.15) is 0 Å². The molecule has 1 atom stereocenters. The second-order valence-corrected chi connectivity index (χ2v) is 11.5. The van der Waals surface area contributed by atoms with Gasteiger partial charge in [-0.05, 0) is 67.1 Å². The van der Waals surface area contributed by atoms with Gasteiger partial charge < -0.3 is 19.9 Å². The molecule has 0 amide bonds. The van der Waals surface area contributed by atoms with Gasteiger partial charge in [0.15, 0.2) is 6.29 Å². The maximum atomic E-state index is 14.2. The van der Waals surface area contributed by atoms with Crippen LogP contribution in [-0.4, -0.2) is 46.0 Å². The zero-order valence-electron chi connectivity index (χ0n) is 22.1. The average Bonchev–Trinajstić information content (AvgIpc) is 3.29. The minimum atomic E-state index is -4.33. The lowest BCUT2D eigenvalue weighted by molar-refractivity contribution is 0.122. The Bertz CT molecular complexity index is 1710. The van der Waals surface area contributed by atoms with Crippen molar-refractivity contribution in [2.75, 3.05) is 46.1 Å². The van der Waals surface area contributed by atoms with E-state index in [9.17, 15) is 17.2 Å². The first kappa shape index (κ1) is 26.9. The molecule has 0 saturated carbocycles. The Labute approximate surface area is 236 Å². The second-order valence-electron chi connectivity index (χ2n) is 9.84. The molecule has 1 saturated heterocycles. The fourth-order valence-corrected chi connectivity index (χ4v) is 6.21. The van der Waals surface area contributed by atoms with Crippen molar-refractivity contribution in [1.82, 2.24) is 4.98 Å². The molecule has 212 valence electrons. The summed E-state index contributed by atoms with van der Waals surface area (Å²) >= 11 is 0. The van der Waals surface area contributed by atoms with E-state index in [4.69, 9.17) is 10.5 Å². The van der Waals surface area contributed by atoms with Crippen LogP contribution in [-0.2, 0) is 14.8 Å². The van der Waals surface area contributed by atoms with Gasteiger partial charge in [-0.1, -0.05) is 6.07 Å². The first-order valence-electron chi connectivity index (χ1n) is 13.0. The van der Waals surface area contributed by atoms with E-state index in [1.807, 2.05) is 35.2 Å². The number of nitrogens with two attached hydrogens (primary N) is 1. The van der Waals surface area contributed by atoms with Crippen LogP contribution >= 0.6 is 0 Å². The Balaban J connectivity index is 1.29. The Kier molecular flexibility index (Phi) is 6.98. The first-order chi connectivity index (χ1) is 19.7. The highest BCUT2D eigenvalue weighted by molar-refractivity contribution is 7.92. The number of hydrogen-bond acceptors (Lipinski definition) is 8. The molecule has 9 nitrogen and oxygen atoms in total. The van der Waals surface area contributed by atoms with Crippen molar-refractivity contribution in [1.29, 1.82) is 0 Å². The van der Waals surface area contributed by atoms with Crippen LogP contribution in [0.15, 0.2) is 77.8 Å². The van der Waals surface area contributed by atoms with Crippen molar-refractivity contribution in [2.24, 2.45) is 5.73 Å². The van der Waals surface area contributed by atoms with Crippen LogP contribution in [0.4, 0.5) is 37.2 Å². The number of anilines is 5. The highest BCUT2D eigenvalue weighted by Crippen LogP contribution is 2.42. The minimum absolute atomic E-state index is 0.178. The molecule has 3 heterocycles. The number of aryl methyl sites for hydroxylation is 1. The molecular formula is C29H28F2N6O3S. The topological polar surface area (TPSA) is 113 Å². The van der Waals surface area contributed by atoms with Crippen molar-refractivity contribution in [3.05, 3.63) is 90.3 Å². The average molecular weight is 579 g/mol. The van der Waals surface area contributed by atoms with Gasteiger partial charge in [-0.15, -0.1) is 0 Å². The molecule has 0 bridgehead atoms. The zero-order chi connectivity index (χ0) is 28.7. The molecule has 3 aromatic carbocycles. The van der Waals surface area contributed by atoms with Gasteiger partial charge in [0.05, 0.1) is 36.0 Å². The molecule has 1 aromatic heterocycles. The normalized spacial score (nSPS) is 16.8.